The van der Waals surface area contributed by atoms with E-state index in [1.54, 1.807) is 16.2 Å². The first-order valence-corrected chi connectivity index (χ1v) is 7.74. The van der Waals surface area contributed by atoms with Gasteiger partial charge >= 0.3 is 0 Å². The summed E-state index contributed by atoms with van der Waals surface area (Å²) in [5.74, 6) is 0.0491. The monoisotopic (exact) mass is 367 g/mol. The minimum atomic E-state index is 0. The number of halogens is 2. The predicted molar refractivity (Wildman–Crippen MR) is 95.5 cm³/mol. The fourth-order valence-corrected chi connectivity index (χ4v) is 3.51. The molecule has 1 N–H and O–H groups in total. The first kappa shape index (κ1) is 20.3. The van der Waals surface area contributed by atoms with E-state index in [1.807, 2.05) is 38.5 Å². The minimum Gasteiger partial charge on any atom is -0.340 e. The van der Waals surface area contributed by atoms with Crippen LogP contribution in [0.15, 0.2) is 17.5 Å². The highest BCUT2D eigenvalue weighted by molar-refractivity contribution is 7.22. The van der Waals surface area contributed by atoms with Gasteiger partial charge in [0, 0.05) is 20.1 Å². The van der Waals surface area contributed by atoms with Crippen molar-refractivity contribution in [1.82, 2.24) is 15.2 Å². The van der Waals surface area contributed by atoms with E-state index in [-0.39, 0.29) is 30.7 Å². The maximum atomic E-state index is 12.3. The third-order valence-corrected chi connectivity index (χ3v) is 4.95. The second kappa shape index (κ2) is 9.38. The average molecular weight is 368 g/mol. The lowest BCUT2D eigenvalue weighted by molar-refractivity contribution is 0.0800. The number of thiazole rings is 1. The lowest BCUT2D eigenvalue weighted by Gasteiger charge is -2.15. The quantitative estimate of drug-likeness (QED) is 0.881. The van der Waals surface area contributed by atoms with Gasteiger partial charge < -0.3 is 10.2 Å². The highest BCUT2D eigenvalue weighted by Gasteiger charge is 2.19. The molecule has 0 saturated carbocycles. The van der Waals surface area contributed by atoms with Crippen molar-refractivity contribution in [2.75, 3.05) is 27.2 Å². The highest BCUT2D eigenvalue weighted by Crippen LogP contribution is 2.31. The lowest BCUT2D eigenvalue weighted by Crippen LogP contribution is -2.32. The molecule has 2 aromatic rings. The second-order valence-corrected chi connectivity index (χ2v) is 6.19. The largest absolute Gasteiger partial charge is 0.340 e. The van der Waals surface area contributed by atoms with E-state index >= 15 is 0 Å². The van der Waals surface area contributed by atoms with Gasteiger partial charge in [0.25, 0.3) is 5.91 Å². The first-order valence-electron chi connectivity index (χ1n) is 6.05. The molecule has 0 atom stereocenters. The second-order valence-electron chi connectivity index (χ2n) is 4.24. The summed E-state index contributed by atoms with van der Waals surface area (Å²) in [5, 5.41) is 5.99. The molecule has 2 aromatic heterocycles. The van der Waals surface area contributed by atoms with Crippen LogP contribution in [0.1, 0.15) is 15.4 Å². The van der Waals surface area contributed by atoms with Gasteiger partial charge in [-0.05, 0) is 25.4 Å². The van der Waals surface area contributed by atoms with Crippen LogP contribution in [-0.4, -0.2) is 43.0 Å². The van der Waals surface area contributed by atoms with E-state index in [9.17, 15) is 4.79 Å². The molecule has 2 rings (SSSR count). The molecule has 0 aromatic carbocycles. The van der Waals surface area contributed by atoms with Crippen molar-refractivity contribution >= 4 is 53.4 Å². The standard InChI is InChI=1S/C13H17N3OS2.2ClH/c1-9-11(13(17)16(3)7-6-14-2)19-12(15-9)10-5-4-8-18-10;;/h4-5,8,14H,6-7H2,1-3H3;2*1H. The third-order valence-electron chi connectivity index (χ3n) is 2.77. The summed E-state index contributed by atoms with van der Waals surface area (Å²) in [6.07, 6.45) is 0. The van der Waals surface area contributed by atoms with Crippen LogP contribution in [0.4, 0.5) is 0 Å². The van der Waals surface area contributed by atoms with Gasteiger partial charge in [0.15, 0.2) is 0 Å². The third kappa shape index (κ3) is 4.93. The van der Waals surface area contributed by atoms with E-state index in [0.29, 0.717) is 6.54 Å². The number of carbonyl (C=O) groups is 1. The summed E-state index contributed by atoms with van der Waals surface area (Å²) in [6, 6.07) is 4.03. The summed E-state index contributed by atoms with van der Waals surface area (Å²) >= 11 is 3.12. The van der Waals surface area contributed by atoms with E-state index < -0.39 is 0 Å². The molecule has 0 unspecified atom stereocenters. The molecule has 4 nitrogen and oxygen atoms in total. The predicted octanol–water partition coefficient (Wildman–Crippen LogP) is 3.32. The molecule has 0 bridgehead atoms. The van der Waals surface area contributed by atoms with Crippen molar-refractivity contribution in [3.8, 4) is 9.88 Å². The van der Waals surface area contributed by atoms with E-state index in [0.717, 1.165) is 27.0 Å². The van der Waals surface area contributed by atoms with Gasteiger partial charge in [0.05, 0.1) is 10.6 Å². The van der Waals surface area contributed by atoms with Gasteiger partial charge in [-0.2, -0.15) is 0 Å². The Morgan fingerprint density at radius 1 is 1.43 bits per heavy atom. The minimum absolute atomic E-state index is 0. The van der Waals surface area contributed by atoms with Crippen LogP contribution in [0, 0.1) is 6.92 Å². The molecule has 2 heterocycles. The van der Waals surface area contributed by atoms with Crippen LogP contribution < -0.4 is 5.32 Å². The summed E-state index contributed by atoms with van der Waals surface area (Å²) in [6.45, 7) is 3.38. The van der Waals surface area contributed by atoms with Crippen molar-refractivity contribution in [3.05, 3.63) is 28.1 Å². The molecule has 0 spiro atoms. The fourth-order valence-electron chi connectivity index (χ4n) is 1.65. The molecular weight excluding hydrogens is 349 g/mol. The van der Waals surface area contributed by atoms with Gasteiger partial charge in [-0.1, -0.05) is 6.07 Å². The van der Waals surface area contributed by atoms with Gasteiger partial charge in [-0.15, -0.1) is 47.5 Å². The number of amides is 1. The van der Waals surface area contributed by atoms with E-state index in [2.05, 4.69) is 10.3 Å². The Morgan fingerprint density at radius 3 is 2.71 bits per heavy atom. The summed E-state index contributed by atoms with van der Waals surface area (Å²) in [5.41, 5.74) is 0.815. The number of likely N-dealkylation sites (N-methyl/N-ethyl adjacent to an activating group) is 2. The smallest absolute Gasteiger partial charge is 0.265 e. The topological polar surface area (TPSA) is 45.2 Å². The molecule has 0 saturated heterocycles. The normalized spacial score (nSPS) is 9.67. The number of nitrogens with one attached hydrogen (secondary N) is 1. The Bertz CT molecular complexity index is 558. The van der Waals surface area contributed by atoms with Crippen molar-refractivity contribution in [2.24, 2.45) is 0 Å². The number of thiophene rings is 1. The Labute approximate surface area is 145 Å². The van der Waals surface area contributed by atoms with Gasteiger partial charge in [0.1, 0.15) is 9.88 Å². The fraction of sp³-hybridized carbons (Fsp3) is 0.385. The maximum absolute atomic E-state index is 12.3. The number of rotatable bonds is 5. The summed E-state index contributed by atoms with van der Waals surface area (Å²) in [4.78, 5) is 20.4. The van der Waals surface area contributed by atoms with Gasteiger partial charge in [-0.3, -0.25) is 4.79 Å². The van der Waals surface area contributed by atoms with Crippen LogP contribution >= 0.6 is 47.5 Å². The Hall–Kier alpha value is -0.660. The molecule has 0 fully saturated rings. The molecule has 0 radical (unpaired) electrons. The SMILES string of the molecule is CNCCN(C)C(=O)c1sc(-c2cccs2)nc1C.Cl.Cl. The molecule has 0 aliphatic heterocycles. The maximum Gasteiger partial charge on any atom is 0.265 e. The number of aryl methyl sites for hydroxylation is 1. The van der Waals surface area contributed by atoms with Crippen LogP contribution in [0.2, 0.25) is 0 Å². The number of aromatic nitrogens is 1. The Kier molecular flexibility index (Phi) is 9.08. The number of nitrogens with zero attached hydrogens (tertiary/aromatic N) is 2. The highest BCUT2D eigenvalue weighted by atomic mass is 35.5. The average Bonchev–Trinajstić information content (AvgIpc) is 3.03. The van der Waals surface area contributed by atoms with Crippen molar-refractivity contribution in [3.63, 3.8) is 0 Å². The molecule has 1 amide bonds. The number of hydrogen-bond acceptors (Lipinski definition) is 5. The van der Waals surface area contributed by atoms with Crippen LogP contribution in [0.25, 0.3) is 9.88 Å². The van der Waals surface area contributed by atoms with Crippen molar-refractivity contribution < 1.29 is 4.79 Å². The van der Waals surface area contributed by atoms with Crippen molar-refractivity contribution in [2.45, 2.75) is 6.92 Å². The van der Waals surface area contributed by atoms with Crippen LogP contribution in [0.5, 0.6) is 0 Å². The molecule has 0 aliphatic rings. The van der Waals surface area contributed by atoms with Crippen LogP contribution in [-0.2, 0) is 0 Å². The molecule has 8 heteroatoms. The van der Waals surface area contributed by atoms with E-state index in [4.69, 9.17) is 0 Å². The van der Waals surface area contributed by atoms with Crippen molar-refractivity contribution in [1.29, 1.82) is 0 Å². The summed E-state index contributed by atoms with van der Waals surface area (Å²) in [7, 11) is 3.70. The van der Waals surface area contributed by atoms with E-state index in [1.165, 1.54) is 11.3 Å². The lowest BCUT2D eigenvalue weighted by atomic mass is 10.3. The molecule has 21 heavy (non-hydrogen) atoms. The first-order chi connectivity index (χ1) is 9.13. The molecule has 118 valence electrons. The molecule has 0 aliphatic carbocycles. The zero-order valence-corrected chi connectivity index (χ0v) is 15.3. The van der Waals surface area contributed by atoms with Gasteiger partial charge in [-0.25, -0.2) is 4.98 Å². The zero-order valence-electron chi connectivity index (χ0n) is 12.1. The molecular formula is C13H19Cl2N3OS2. The summed E-state index contributed by atoms with van der Waals surface area (Å²) < 4.78 is 0. The number of hydrogen-bond donors (Lipinski definition) is 1. The van der Waals surface area contributed by atoms with Gasteiger partial charge in [0.2, 0.25) is 0 Å². The Morgan fingerprint density at radius 2 is 2.14 bits per heavy atom. The zero-order chi connectivity index (χ0) is 13.8. The Balaban J connectivity index is 0.00000200. The van der Waals surface area contributed by atoms with Crippen LogP contribution in [0.3, 0.4) is 0 Å². The number of carbonyl (C=O) groups excluding carboxylic acids is 1.